The number of amides is 1. The Morgan fingerprint density at radius 2 is 1.82 bits per heavy atom. The molecule has 0 heterocycles. The van der Waals surface area contributed by atoms with Gasteiger partial charge in [0.05, 0.1) is 27.3 Å². The fourth-order valence-electron chi connectivity index (χ4n) is 1.19. The van der Waals surface area contributed by atoms with Crippen LogP contribution in [0.3, 0.4) is 0 Å². The zero-order valence-electron chi connectivity index (χ0n) is 9.32. The third kappa shape index (κ3) is 4.72. The third-order valence-corrected chi connectivity index (χ3v) is 3.03. The zero-order chi connectivity index (χ0) is 12.8. The average molecular weight is 296 g/mol. The van der Waals surface area contributed by atoms with Gasteiger partial charge in [-0.25, -0.2) is 0 Å². The molecule has 0 aromatic heterocycles. The maximum Gasteiger partial charge on any atom is 0.238 e. The van der Waals surface area contributed by atoms with Gasteiger partial charge in [-0.2, -0.15) is 0 Å². The molecule has 94 valence electrons. The molecule has 1 rings (SSSR count). The predicted molar refractivity (Wildman–Crippen MR) is 73.3 cm³/mol. The number of hydrogen-bond acceptors (Lipinski definition) is 2. The minimum atomic E-state index is -0.168. The van der Waals surface area contributed by atoms with Gasteiger partial charge >= 0.3 is 0 Å². The normalized spacial score (nSPS) is 10.4. The molecular weight excluding hydrogens is 282 g/mol. The Morgan fingerprint density at radius 3 is 2.47 bits per heavy atom. The van der Waals surface area contributed by atoms with E-state index in [9.17, 15) is 4.79 Å². The molecule has 1 aromatic rings. The maximum atomic E-state index is 11.5. The minimum Gasteiger partial charge on any atom is -0.324 e. The van der Waals surface area contributed by atoms with Crippen molar-refractivity contribution in [1.29, 1.82) is 0 Å². The number of nitrogens with one attached hydrogen (secondary N) is 2. The summed E-state index contributed by atoms with van der Waals surface area (Å²) in [6, 6.07) is 3.03. The molecular formula is C11H13Cl3N2O. The molecule has 0 atom stereocenters. The van der Waals surface area contributed by atoms with Gasteiger partial charge in [0.15, 0.2) is 0 Å². The Bertz CT molecular complexity index is 410. The highest BCUT2D eigenvalue weighted by molar-refractivity contribution is 6.44. The Balaban J connectivity index is 2.62. The average Bonchev–Trinajstić information content (AvgIpc) is 2.26. The molecule has 0 spiro atoms. The van der Waals surface area contributed by atoms with Crippen LogP contribution in [0.5, 0.6) is 0 Å². The molecule has 0 aliphatic heterocycles. The van der Waals surface area contributed by atoms with Crippen LogP contribution in [0.2, 0.25) is 15.1 Å². The highest BCUT2D eigenvalue weighted by atomic mass is 35.5. The molecule has 3 nitrogen and oxygen atoms in total. The summed E-state index contributed by atoms with van der Waals surface area (Å²) in [6.45, 7) is 3.06. The van der Waals surface area contributed by atoms with E-state index in [-0.39, 0.29) is 12.5 Å². The molecule has 1 amide bonds. The van der Waals surface area contributed by atoms with Crippen molar-refractivity contribution >= 4 is 46.4 Å². The molecule has 0 radical (unpaired) electrons. The van der Waals surface area contributed by atoms with E-state index in [0.717, 1.165) is 13.0 Å². The summed E-state index contributed by atoms with van der Waals surface area (Å²) in [5, 5.41) is 6.73. The van der Waals surface area contributed by atoms with E-state index in [1.54, 1.807) is 0 Å². The summed E-state index contributed by atoms with van der Waals surface area (Å²) >= 11 is 17.6. The number of anilines is 1. The first kappa shape index (κ1) is 14.6. The summed E-state index contributed by atoms with van der Waals surface area (Å²) in [7, 11) is 0. The van der Waals surface area contributed by atoms with E-state index >= 15 is 0 Å². The summed E-state index contributed by atoms with van der Waals surface area (Å²) in [6.07, 6.45) is 0.973. The van der Waals surface area contributed by atoms with Crippen molar-refractivity contribution in [2.75, 3.05) is 18.4 Å². The fraction of sp³-hybridized carbons (Fsp3) is 0.364. The fourth-order valence-corrected chi connectivity index (χ4v) is 1.79. The topological polar surface area (TPSA) is 41.1 Å². The lowest BCUT2D eigenvalue weighted by Gasteiger charge is -2.09. The molecule has 1 aromatic carbocycles. The van der Waals surface area contributed by atoms with Gasteiger partial charge < -0.3 is 10.6 Å². The van der Waals surface area contributed by atoms with Crippen LogP contribution in [-0.2, 0) is 4.79 Å². The van der Waals surface area contributed by atoms with Crippen molar-refractivity contribution < 1.29 is 4.79 Å². The van der Waals surface area contributed by atoms with E-state index in [2.05, 4.69) is 10.6 Å². The van der Waals surface area contributed by atoms with Crippen LogP contribution in [0, 0.1) is 0 Å². The van der Waals surface area contributed by atoms with Crippen LogP contribution < -0.4 is 10.6 Å². The van der Waals surface area contributed by atoms with Crippen LogP contribution in [-0.4, -0.2) is 19.0 Å². The summed E-state index contributed by atoms with van der Waals surface area (Å²) in [4.78, 5) is 11.5. The maximum absolute atomic E-state index is 11.5. The minimum absolute atomic E-state index is 0.168. The molecule has 0 fully saturated rings. The number of carbonyl (C=O) groups is 1. The van der Waals surface area contributed by atoms with Crippen molar-refractivity contribution in [3.05, 3.63) is 27.2 Å². The predicted octanol–water partition coefficient (Wildman–Crippen LogP) is 3.58. The Hall–Kier alpha value is -0.480. The molecule has 0 bridgehead atoms. The molecule has 0 aliphatic rings. The molecule has 6 heteroatoms. The van der Waals surface area contributed by atoms with Crippen molar-refractivity contribution in [2.45, 2.75) is 13.3 Å². The SMILES string of the molecule is CCCNCC(=O)Nc1cc(Cl)c(Cl)cc1Cl. The number of carbonyl (C=O) groups excluding carboxylic acids is 1. The summed E-state index contributed by atoms with van der Waals surface area (Å²) in [5.41, 5.74) is 0.462. The van der Waals surface area contributed by atoms with Gasteiger partial charge in [-0.15, -0.1) is 0 Å². The van der Waals surface area contributed by atoms with Crippen molar-refractivity contribution in [1.82, 2.24) is 5.32 Å². The molecule has 0 unspecified atom stereocenters. The lowest BCUT2D eigenvalue weighted by atomic mass is 10.3. The first-order valence-corrected chi connectivity index (χ1v) is 6.33. The zero-order valence-corrected chi connectivity index (χ0v) is 11.6. The Kier molecular flexibility index (Phi) is 6.06. The smallest absolute Gasteiger partial charge is 0.238 e. The largest absolute Gasteiger partial charge is 0.324 e. The van der Waals surface area contributed by atoms with Gasteiger partial charge in [0.25, 0.3) is 0 Å². The van der Waals surface area contributed by atoms with Crippen molar-refractivity contribution in [3.8, 4) is 0 Å². The standard InChI is InChI=1S/C11H13Cl3N2O/c1-2-3-15-6-11(17)16-10-5-8(13)7(12)4-9(10)14/h4-5,15H,2-3,6H2,1H3,(H,16,17). The van der Waals surface area contributed by atoms with E-state index in [1.807, 2.05) is 6.92 Å². The Morgan fingerprint density at radius 1 is 1.18 bits per heavy atom. The van der Waals surface area contributed by atoms with E-state index in [0.29, 0.717) is 20.8 Å². The second-order valence-electron chi connectivity index (χ2n) is 3.47. The number of halogens is 3. The lowest BCUT2D eigenvalue weighted by Crippen LogP contribution is -2.28. The first-order valence-electron chi connectivity index (χ1n) is 5.19. The summed E-state index contributed by atoms with van der Waals surface area (Å²) in [5.74, 6) is -0.168. The van der Waals surface area contributed by atoms with Crippen molar-refractivity contribution in [2.24, 2.45) is 0 Å². The van der Waals surface area contributed by atoms with Crippen LogP contribution >= 0.6 is 34.8 Å². The molecule has 0 saturated carbocycles. The first-order chi connectivity index (χ1) is 8.04. The van der Waals surface area contributed by atoms with Crippen LogP contribution in [0.25, 0.3) is 0 Å². The van der Waals surface area contributed by atoms with Crippen LogP contribution in [0.4, 0.5) is 5.69 Å². The van der Waals surface area contributed by atoms with Crippen LogP contribution in [0.15, 0.2) is 12.1 Å². The molecule has 0 aliphatic carbocycles. The summed E-state index contributed by atoms with van der Waals surface area (Å²) < 4.78 is 0. The van der Waals surface area contributed by atoms with Gasteiger partial charge in [-0.1, -0.05) is 41.7 Å². The molecule has 17 heavy (non-hydrogen) atoms. The molecule has 2 N–H and O–H groups in total. The van der Waals surface area contributed by atoms with E-state index in [1.165, 1.54) is 12.1 Å². The van der Waals surface area contributed by atoms with E-state index in [4.69, 9.17) is 34.8 Å². The van der Waals surface area contributed by atoms with Gasteiger partial charge in [0.1, 0.15) is 0 Å². The van der Waals surface area contributed by atoms with Gasteiger partial charge in [0, 0.05) is 0 Å². The Labute approximate surface area is 115 Å². The highest BCUT2D eigenvalue weighted by Gasteiger charge is 2.08. The second kappa shape index (κ2) is 7.07. The highest BCUT2D eigenvalue weighted by Crippen LogP contribution is 2.32. The van der Waals surface area contributed by atoms with Gasteiger partial charge in [0.2, 0.25) is 5.91 Å². The number of hydrogen-bond donors (Lipinski definition) is 2. The van der Waals surface area contributed by atoms with Crippen LogP contribution in [0.1, 0.15) is 13.3 Å². The van der Waals surface area contributed by atoms with Gasteiger partial charge in [-0.3, -0.25) is 4.79 Å². The molecule has 0 saturated heterocycles. The van der Waals surface area contributed by atoms with E-state index < -0.39 is 0 Å². The quantitative estimate of drug-likeness (QED) is 0.644. The monoisotopic (exact) mass is 294 g/mol. The van der Waals surface area contributed by atoms with Crippen molar-refractivity contribution in [3.63, 3.8) is 0 Å². The number of benzene rings is 1. The lowest BCUT2D eigenvalue weighted by molar-refractivity contribution is -0.115. The third-order valence-electron chi connectivity index (χ3n) is 2.00. The van der Waals surface area contributed by atoms with Gasteiger partial charge in [-0.05, 0) is 25.1 Å². The number of rotatable bonds is 5. The second-order valence-corrected chi connectivity index (χ2v) is 4.69.